The fourth-order valence-electron chi connectivity index (χ4n) is 2.65. The third-order valence-corrected chi connectivity index (χ3v) is 3.99. The molecule has 1 fully saturated rings. The zero-order valence-electron chi connectivity index (χ0n) is 13.9. The Morgan fingerprint density at radius 1 is 1.17 bits per heavy atom. The molecule has 8 heteroatoms. The van der Waals surface area contributed by atoms with Crippen molar-refractivity contribution in [3.63, 3.8) is 0 Å². The molecule has 0 radical (unpaired) electrons. The topological polar surface area (TPSA) is 74.8 Å². The summed E-state index contributed by atoms with van der Waals surface area (Å²) in [7, 11) is 3.49. The molecule has 0 atom stereocenters. The van der Waals surface area contributed by atoms with E-state index in [2.05, 4.69) is 10.00 Å². The van der Waals surface area contributed by atoms with Gasteiger partial charge >= 0.3 is 11.8 Å². The minimum Gasteiger partial charge on any atom is -0.388 e. The number of aromatic nitrogens is 2. The smallest absolute Gasteiger partial charge is 0.388 e. The van der Waals surface area contributed by atoms with Crippen LogP contribution in [0.5, 0.6) is 0 Å². The molecule has 3 rings (SSSR count). The second-order valence-corrected chi connectivity index (χ2v) is 5.96. The standard InChI is InChI=1S/C16H21N5O3/c1-18(2)15(22)20-10-8-19(9-11-20)12-21-16(23)24-14(17-21)13-6-4-3-5-7-13/h3-7H,8-12H2,1-2H3. The highest BCUT2D eigenvalue weighted by Crippen LogP contribution is 2.14. The van der Waals surface area contributed by atoms with E-state index >= 15 is 0 Å². The first kappa shape index (κ1) is 16.3. The van der Waals surface area contributed by atoms with Crippen molar-refractivity contribution < 1.29 is 9.21 Å². The molecule has 1 saturated heterocycles. The molecule has 0 N–H and O–H groups in total. The number of urea groups is 1. The van der Waals surface area contributed by atoms with Crippen LogP contribution in [0.4, 0.5) is 4.79 Å². The second-order valence-electron chi connectivity index (χ2n) is 5.96. The van der Waals surface area contributed by atoms with Gasteiger partial charge in [-0.1, -0.05) is 18.2 Å². The van der Waals surface area contributed by atoms with Gasteiger partial charge < -0.3 is 14.2 Å². The molecular weight excluding hydrogens is 310 g/mol. The summed E-state index contributed by atoms with van der Waals surface area (Å²) in [6.45, 7) is 3.02. The van der Waals surface area contributed by atoms with Crippen LogP contribution in [0.2, 0.25) is 0 Å². The van der Waals surface area contributed by atoms with Gasteiger partial charge in [0.05, 0.1) is 0 Å². The summed E-state index contributed by atoms with van der Waals surface area (Å²) in [4.78, 5) is 29.4. The number of carbonyl (C=O) groups is 1. The minimum atomic E-state index is -0.472. The van der Waals surface area contributed by atoms with E-state index in [0.29, 0.717) is 38.7 Å². The van der Waals surface area contributed by atoms with Crippen molar-refractivity contribution in [3.05, 3.63) is 40.9 Å². The monoisotopic (exact) mass is 331 g/mol. The van der Waals surface area contributed by atoms with Crippen molar-refractivity contribution in [1.29, 1.82) is 0 Å². The number of hydrogen-bond acceptors (Lipinski definition) is 5. The third-order valence-electron chi connectivity index (χ3n) is 3.99. The van der Waals surface area contributed by atoms with E-state index in [-0.39, 0.29) is 6.03 Å². The Bertz CT molecular complexity index is 745. The van der Waals surface area contributed by atoms with Gasteiger partial charge in [-0.15, -0.1) is 5.10 Å². The molecule has 0 aliphatic carbocycles. The molecule has 128 valence electrons. The lowest BCUT2D eigenvalue weighted by molar-refractivity contribution is 0.101. The number of hydrogen-bond donors (Lipinski definition) is 0. The summed E-state index contributed by atoms with van der Waals surface area (Å²) < 4.78 is 6.56. The molecule has 2 aromatic rings. The number of piperazine rings is 1. The molecule has 0 saturated carbocycles. The van der Waals surface area contributed by atoms with Gasteiger partial charge in [0.2, 0.25) is 5.89 Å². The van der Waals surface area contributed by atoms with Crippen molar-refractivity contribution in [1.82, 2.24) is 24.5 Å². The molecule has 1 aliphatic heterocycles. The quantitative estimate of drug-likeness (QED) is 0.830. The van der Waals surface area contributed by atoms with Crippen LogP contribution in [0, 0.1) is 0 Å². The minimum absolute atomic E-state index is 0.0135. The average Bonchev–Trinajstić information content (AvgIpc) is 2.96. The summed E-state index contributed by atoms with van der Waals surface area (Å²) in [5, 5.41) is 4.26. The highest BCUT2D eigenvalue weighted by molar-refractivity contribution is 5.73. The summed E-state index contributed by atoms with van der Waals surface area (Å²) in [5.74, 6) is -0.150. The summed E-state index contributed by atoms with van der Waals surface area (Å²) >= 11 is 0. The zero-order chi connectivity index (χ0) is 17.1. The summed E-state index contributed by atoms with van der Waals surface area (Å²) in [6.07, 6.45) is 0. The predicted molar refractivity (Wildman–Crippen MR) is 88.4 cm³/mol. The lowest BCUT2D eigenvalue weighted by Crippen LogP contribution is -2.52. The number of benzene rings is 1. The van der Waals surface area contributed by atoms with Gasteiger partial charge in [-0.25, -0.2) is 9.59 Å². The first-order valence-corrected chi connectivity index (χ1v) is 7.86. The number of nitrogens with zero attached hydrogens (tertiary/aromatic N) is 5. The maximum atomic E-state index is 12.0. The Balaban J connectivity index is 1.63. The van der Waals surface area contributed by atoms with Crippen molar-refractivity contribution >= 4 is 6.03 Å². The molecule has 1 aromatic heterocycles. The molecule has 24 heavy (non-hydrogen) atoms. The molecule has 0 bridgehead atoms. The van der Waals surface area contributed by atoms with E-state index in [9.17, 15) is 9.59 Å². The molecule has 0 spiro atoms. The molecular formula is C16H21N5O3. The van der Waals surface area contributed by atoms with Gasteiger partial charge in [0.25, 0.3) is 0 Å². The largest absolute Gasteiger partial charge is 0.438 e. The number of carbonyl (C=O) groups excluding carboxylic acids is 1. The SMILES string of the molecule is CN(C)C(=O)N1CCN(Cn2nc(-c3ccccc3)oc2=O)CC1. The van der Waals surface area contributed by atoms with E-state index in [4.69, 9.17) is 4.42 Å². The first-order valence-electron chi connectivity index (χ1n) is 7.86. The maximum absolute atomic E-state index is 12.0. The zero-order valence-corrected chi connectivity index (χ0v) is 13.9. The van der Waals surface area contributed by atoms with Crippen LogP contribution in [-0.4, -0.2) is 70.8 Å². The molecule has 8 nitrogen and oxygen atoms in total. The molecule has 2 heterocycles. The highest BCUT2D eigenvalue weighted by atomic mass is 16.4. The van der Waals surface area contributed by atoms with Gasteiger partial charge in [-0.3, -0.25) is 4.90 Å². The van der Waals surface area contributed by atoms with Crippen molar-refractivity contribution in [2.24, 2.45) is 0 Å². The Morgan fingerprint density at radius 2 is 1.83 bits per heavy atom. The van der Waals surface area contributed by atoms with Crippen molar-refractivity contribution in [2.45, 2.75) is 6.67 Å². The van der Waals surface area contributed by atoms with Gasteiger partial charge in [0.1, 0.15) is 6.67 Å². The van der Waals surface area contributed by atoms with Crippen LogP contribution >= 0.6 is 0 Å². The molecule has 0 unspecified atom stereocenters. The predicted octanol–water partition coefficient (Wildman–Crippen LogP) is 0.760. The maximum Gasteiger partial charge on any atom is 0.438 e. The third kappa shape index (κ3) is 3.48. The lowest BCUT2D eigenvalue weighted by atomic mass is 10.2. The average molecular weight is 331 g/mol. The Labute approximate surface area is 139 Å². The second kappa shape index (κ2) is 6.88. The van der Waals surface area contributed by atoms with E-state index < -0.39 is 5.76 Å². The summed E-state index contributed by atoms with van der Waals surface area (Å²) in [5.41, 5.74) is 0.773. The van der Waals surface area contributed by atoms with Gasteiger partial charge in [0, 0.05) is 45.8 Å². The normalized spacial score (nSPS) is 15.5. The van der Waals surface area contributed by atoms with Gasteiger partial charge in [-0.2, -0.15) is 4.68 Å². The lowest BCUT2D eigenvalue weighted by Gasteiger charge is -2.35. The van der Waals surface area contributed by atoms with Crippen molar-refractivity contribution in [2.75, 3.05) is 40.3 Å². The Kier molecular flexibility index (Phi) is 4.66. The fourth-order valence-corrected chi connectivity index (χ4v) is 2.65. The van der Waals surface area contributed by atoms with Crippen LogP contribution in [0.25, 0.3) is 11.5 Å². The van der Waals surface area contributed by atoms with E-state index in [1.54, 1.807) is 23.9 Å². The molecule has 1 aliphatic rings. The molecule has 2 amide bonds. The Morgan fingerprint density at radius 3 is 2.46 bits per heavy atom. The summed E-state index contributed by atoms with van der Waals surface area (Å²) in [6, 6.07) is 9.35. The van der Waals surface area contributed by atoms with Gasteiger partial charge in [-0.05, 0) is 12.1 Å². The highest BCUT2D eigenvalue weighted by Gasteiger charge is 2.23. The number of rotatable bonds is 3. The van der Waals surface area contributed by atoms with E-state index in [1.165, 1.54) is 4.68 Å². The van der Waals surface area contributed by atoms with Crippen molar-refractivity contribution in [3.8, 4) is 11.5 Å². The van der Waals surface area contributed by atoms with Gasteiger partial charge in [0.15, 0.2) is 0 Å². The van der Waals surface area contributed by atoms with Crippen LogP contribution < -0.4 is 5.76 Å². The Hall–Kier alpha value is -2.61. The van der Waals surface area contributed by atoms with Crippen LogP contribution in [0.15, 0.2) is 39.5 Å². The van der Waals surface area contributed by atoms with E-state index in [1.807, 2.05) is 30.3 Å². The number of amides is 2. The van der Waals surface area contributed by atoms with E-state index in [0.717, 1.165) is 5.56 Å². The van der Waals surface area contributed by atoms with Crippen LogP contribution in [0.3, 0.4) is 0 Å². The first-order chi connectivity index (χ1) is 11.5. The molecule has 1 aromatic carbocycles. The van der Waals surface area contributed by atoms with Crippen LogP contribution in [-0.2, 0) is 6.67 Å². The van der Waals surface area contributed by atoms with Crippen LogP contribution in [0.1, 0.15) is 0 Å². The fraction of sp³-hybridized carbons (Fsp3) is 0.438.